The Morgan fingerprint density at radius 3 is 2.43 bits per heavy atom. The van der Waals surface area contributed by atoms with Crippen molar-refractivity contribution in [3.63, 3.8) is 0 Å². The molecule has 0 heterocycles. The highest BCUT2D eigenvalue weighted by atomic mass is 32.2. The molecule has 0 fully saturated rings. The van der Waals surface area contributed by atoms with Gasteiger partial charge in [0.1, 0.15) is 5.82 Å². The van der Waals surface area contributed by atoms with Crippen molar-refractivity contribution in [2.75, 3.05) is 7.05 Å². The topological polar surface area (TPSA) is 63.4 Å². The van der Waals surface area contributed by atoms with Gasteiger partial charge in [0.15, 0.2) is 0 Å². The van der Waals surface area contributed by atoms with Crippen molar-refractivity contribution in [1.82, 2.24) is 4.31 Å². The molecule has 0 bridgehead atoms. The molecule has 0 spiro atoms. The van der Waals surface area contributed by atoms with Crippen LogP contribution in [0.2, 0.25) is 0 Å². The third-order valence-electron chi connectivity index (χ3n) is 3.19. The van der Waals surface area contributed by atoms with E-state index in [4.69, 9.17) is 5.73 Å². The Balaban J connectivity index is 2.35. The second-order valence-corrected chi connectivity index (χ2v) is 6.72. The Morgan fingerprint density at radius 2 is 1.81 bits per heavy atom. The van der Waals surface area contributed by atoms with Crippen molar-refractivity contribution < 1.29 is 12.8 Å². The number of halogens is 1. The lowest BCUT2D eigenvalue weighted by molar-refractivity contribution is 0.465. The van der Waals surface area contributed by atoms with Crippen molar-refractivity contribution in [1.29, 1.82) is 0 Å². The second kappa shape index (κ2) is 6.34. The fourth-order valence-electron chi connectivity index (χ4n) is 2.03. The van der Waals surface area contributed by atoms with E-state index in [0.29, 0.717) is 5.56 Å². The molecule has 2 N–H and O–H groups in total. The van der Waals surface area contributed by atoms with Crippen molar-refractivity contribution in [3.05, 3.63) is 65.5 Å². The van der Waals surface area contributed by atoms with Crippen molar-refractivity contribution in [2.45, 2.75) is 18.0 Å². The van der Waals surface area contributed by atoms with Crippen LogP contribution in [0.3, 0.4) is 0 Å². The van der Waals surface area contributed by atoms with E-state index in [1.807, 2.05) is 30.3 Å². The lowest BCUT2D eigenvalue weighted by Crippen LogP contribution is -2.27. The summed E-state index contributed by atoms with van der Waals surface area (Å²) in [4.78, 5) is -0.0802. The van der Waals surface area contributed by atoms with E-state index in [2.05, 4.69) is 0 Å². The summed E-state index contributed by atoms with van der Waals surface area (Å²) >= 11 is 0. The second-order valence-electron chi connectivity index (χ2n) is 4.70. The number of hydrogen-bond acceptors (Lipinski definition) is 3. The molecule has 0 radical (unpaired) electrons. The van der Waals surface area contributed by atoms with Crippen molar-refractivity contribution in [2.24, 2.45) is 5.73 Å². The van der Waals surface area contributed by atoms with Gasteiger partial charge in [-0.2, -0.15) is 4.31 Å². The maximum Gasteiger partial charge on any atom is 0.243 e. The molecular weight excluding hydrogens is 291 g/mol. The normalized spacial score (nSPS) is 11.8. The van der Waals surface area contributed by atoms with Gasteiger partial charge in [0.2, 0.25) is 10.0 Å². The minimum absolute atomic E-state index is 0.0357. The summed E-state index contributed by atoms with van der Waals surface area (Å²) in [6.07, 6.45) is 0. The van der Waals surface area contributed by atoms with Crippen LogP contribution in [0, 0.1) is 5.82 Å². The fourth-order valence-corrected chi connectivity index (χ4v) is 3.43. The van der Waals surface area contributed by atoms with Crippen molar-refractivity contribution >= 4 is 10.0 Å². The monoisotopic (exact) mass is 308 g/mol. The zero-order chi connectivity index (χ0) is 15.5. The number of nitrogens with two attached hydrogens (primary N) is 1. The Labute approximate surface area is 124 Å². The number of benzene rings is 2. The Kier molecular flexibility index (Phi) is 4.72. The average Bonchev–Trinajstić information content (AvgIpc) is 2.48. The van der Waals surface area contributed by atoms with Gasteiger partial charge in [0.05, 0.1) is 4.90 Å². The van der Waals surface area contributed by atoms with Gasteiger partial charge in [0, 0.05) is 20.1 Å². The number of nitrogens with zero attached hydrogens (tertiary/aromatic N) is 1. The summed E-state index contributed by atoms with van der Waals surface area (Å²) in [6.45, 7) is 0.248. The lowest BCUT2D eigenvalue weighted by Gasteiger charge is -2.19. The molecule has 2 aromatic carbocycles. The van der Waals surface area contributed by atoms with E-state index >= 15 is 0 Å². The largest absolute Gasteiger partial charge is 0.326 e. The smallest absolute Gasteiger partial charge is 0.243 e. The van der Waals surface area contributed by atoms with Crippen LogP contribution >= 0.6 is 0 Å². The minimum Gasteiger partial charge on any atom is -0.326 e. The van der Waals surface area contributed by atoms with E-state index in [1.165, 1.54) is 23.5 Å². The number of rotatable bonds is 5. The van der Waals surface area contributed by atoms with Crippen molar-refractivity contribution in [3.8, 4) is 0 Å². The molecule has 2 aromatic rings. The number of hydrogen-bond donors (Lipinski definition) is 1. The van der Waals surface area contributed by atoms with Crippen LogP contribution in [-0.4, -0.2) is 19.8 Å². The SMILES string of the molecule is CN(Cc1ccccc1)S(=O)(=O)c1cc(F)ccc1CN. The van der Waals surface area contributed by atoms with E-state index in [1.54, 1.807) is 0 Å². The van der Waals surface area contributed by atoms with Gasteiger partial charge in [-0.05, 0) is 23.3 Å². The van der Waals surface area contributed by atoms with Gasteiger partial charge in [-0.1, -0.05) is 36.4 Å². The quantitative estimate of drug-likeness (QED) is 0.920. The van der Waals surface area contributed by atoms with Crippen LogP contribution in [-0.2, 0) is 23.1 Å². The first-order valence-corrected chi connectivity index (χ1v) is 7.88. The molecule has 2 rings (SSSR count). The Morgan fingerprint density at radius 1 is 1.14 bits per heavy atom. The molecule has 4 nitrogen and oxygen atoms in total. The van der Waals surface area contributed by atoms with Crippen LogP contribution in [0.4, 0.5) is 4.39 Å². The zero-order valence-corrected chi connectivity index (χ0v) is 12.5. The third kappa shape index (κ3) is 3.47. The molecule has 0 saturated heterocycles. The summed E-state index contributed by atoms with van der Waals surface area (Å²) in [5, 5.41) is 0. The molecule has 0 aliphatic carbocycles. The van der Waals surface area contributed by atoms with Gasteiger partial charge < -0.3 is 5.73 Å². The molecule has 21 heavy (non-hydrogen) atoms. The summed E-state index contributed by atoms with van der Waals surface area (Å²) in [5.41, 5.74) is 6.80. The maximum absolute atomic E-state index is 13.4. The van der Waals surface area contributed by atoms with Crippen LogP contribution < -0.4 is 5.73 Å². The van der Waals surface area contributed by atoms with Gasteiger partial charge in [-0.3, -0.25) is 0 Å². The Hall–Kier alpha value is -1.76. The predicted molar refractivity (Wildman–Crippen MR) is 79.4 cm³/mol. The van der Waals surface area contributed by atoms with E-state index in [0.717, 1.165) is 11.6 Å². The van der Waals surface area contributed by atoms with Crippen LogP contribution in [0.25, 0.3) is 0 Å². The van der Waals surface area contributed by atoms with Crippen LogP contribution in [0.5, 0.6) is 0 Å². The summed E-state index contributed by atoms with van der Waals surface area (Å²) < 4.78 is 39.7. The third-order valence-corrected chi connectivity index (χ3v) is 5.07. The molecule has 0 atom stereocenters. The van der Waals surface area contributed by atoms with E-state index < -0.39 is 15.8 Å². The molecule has 0 aliphatic rings. The predicted octanol–water partition coefficient (Wildman–Crippen LogP) is 2.11. The highest BCUT2D eigenvalue weighted by Gasteiger charge is 2.24. The lowest BCUT2D eigenvalue weighted by atomic mass is 10.2. The first-order valence-electron chi connectivity index (χ1n) is 6.44. The molecular formula is C15H17FN2O2S. The zero-order valence-electron chi connectivity index (χ0n) is 11.7. The Bertz CT molecular complexity index is 718. The van der Waals surface area contributed by atoms with Gasteiger partial charge >= 0.3 is 0 Å². The highest BCUT2D eigenvalue weighted by molar-refractivity contribution is 7.89. The molecule has 0 amide bonds. The number of sulfonamides is 1. The standard InChI is InChI=1S/C15H17FN2O2S/c1-18(11-12-5-3-2-4-6-12)21(19,20)15-9-14(16)8-7-13(15)10-17/h2-9H,10-11,17H2,1H3. The van der Waals surface area contributed by atoms with E-state index in [9.17, 15) is 12.8 Å². The molecule has 6 heteroatoms. The molecule has 0 unspecified atom stereocenters. The first-order chi connectivity index (χ1) is 9.95. The fraction of sp³-hybridized carbons (Fsp3) is 0.200. The molecule has 0 aromatic heterocycles. The summed E-state index contributed by atoms with van der Waals surface area (Å²) in [6, 6.07) is 12.8. The maximum atomic E-state index is 13.4. The summed E-state index contributed by atoms with van der Waals surface area (Å²) in [7, 11) is -2.32. The highest BCUT2D eigenvalue weighted by Crippen LogP contribution is 2.21. The minimum atomic E-state index is -3.79. The van der Waals surface area contributed by atoms with Gasteiger partial charge in [-0.15, -0.1) is 0 Å². The van der Waals surface area contributed by atoms with Gasteiger partial charge in [-0.25, -0.2) is 12.8 Å². The van der Waals surface area contributed by atoms with E-state index in [-0.39, 0.29) is 18.0 Å². The van der Waals surface area contributed by atoms with Crippen LogP contribution in [0.15, 0.2) is 53.4 Å². The average molecular weight is 308 g/mol. The summed E-state index contributed by atoms with van der Waals surface area (Å²) in [5.74, 6) is -0.598. The van der Waals surface area contributed by atoms with Crippen LogP contribution in [0.1, 0.15) is 11.1 Å². The molecule has 0 aliphatic heterocycles. The molecule has 112 valence electrons. The molecule has 0 saturated carbocycles. The first kappa shape index (κ1) is 15.6. The van der Waals surface area contributed by atoms with Gasteiger partial charge in [0.25, 0.3) is 0 Å².